The molecule has 4 heteroatoms. The molecule has 1 aliphatic heterocycles. The van der Waals surface area contributed by atoms with Crippen molar-refractivity contribution in [1.82, 2.24) is 15.1 Å². The molecule has 1 heterocycles. The Morgan fingerprint density at radius 2 is 1.94 bits per heavy atom. The summed E-state index contributed by atoms with van der Waals surface area (Å²) in [5.74, 6) is 0. The molecule has 0 radical (unpaired) electrons. The maximum Gasteiger partial charge on any atom is 0.0593 e. The summed E-state index contributed by atoms with van der Waals surface area (Å²) in [7, 11) is 2.18. The number of piperazine rings is 1. The third kappa shape index (κ3) is 6.43. The van der Waals surface area contributed by atoms with Crippen molar-refractivity contribution in [1.29, 1.82) is 0 Å². The highest BCUT2D eigenvalue weighted by atomic mass is 16.5. The van der Waals surface area contributed by atoms with E-state index < -0.39 is 0 Å². The van der Waals surface area contributed by atoms with Crippen LogP contribution in [0.5, 0.6) is 0 Å². The lowest BCUT2D eigenvalue weighted by Crippen LogP contribution is -2.46. The summed E-state index contributed by atoms with van der Waals surface area (Å²) in [6.45, 7) is 12.0. The van der Waals surface area contributed by atoms with E-state index in [1.165, 1.54) is 19.6 Å². The van der Waals surface area contributed by atoms with Crippen LogP contribution in [0.4, 0.5) is 0 Å². The summed E-state index contributed by atoms with van der Waals surface area (Å²) in [5.41, 5.74) is 0. The second-order valence-corrected chi connectivity index (χ2v) is 4.51. The fraction of sp³-hybridized carbons (Fsp3) is 1.00. The molecule has 0 aromatic heterocycles. The van der Waals surface area contributed by atoms with Gasteiger partial charge < -0.3 is 15.0 Å². The zero-order valence-electron chi connectivity index (χ0n) is 10.9. The van der Waals surface area contributed by atoms with Crippen LogP contribution >= 0.6 is 0 Å². The van der Waals surface area contributed by atoms with Crippen LogP contribution in [0, 0.1) is 0 Å². The first-order valence-corrected chi connectivity index (χ1v) is 6.52. The van der Waals surface area contributed by atoms with Crippen molar-refractivity contribution in [2.75, 3.05) is 66.1 Å². The summed E-state index contributed by atoms with van der Waals surface area (Å²) >= 11 is 0. The van der Waals surface area contributed by atoms with E-state index in [4.69, 9.17) is 4.74 Å². The molecule has 4 nitrogen and oxygen atoms in total. The predicted octanol–water partition coefficient (Wildman–Crippen LogP) is 0.250. The van der Waals surface area contributed by atoms with Crippen LogP contribution in [-0.2, 0) is 4.74 Å². The van der Waals surface area contributed by atoms with E-state index in [0.717, 1.165) is 45.8 Å². The molecule has 1 saturated heterocycles. The maximum atomic E-state index is 5.48. The first kappa shape index (κ1) is 13.9. The summed E-state index contributed by atoms with van der Waals surface area (Å²) in [5, 5.41) is 3.38. The number of ether oxygens (including phenoxy) is 1. The fourth-order valence-corrected chi connectivity index (χ4v) is 1.83. The van der Waals surface area contributed by atoms with Crippen LogP contribution in [0.15, 0.2) is 0 Å². The van der Waals surface area contributed by atoms with Gasteiger partial charge in [-0.15, -0.1) is 0 Å². The molecule has 1 rings (SSSR count). The van der Waals surface area contributed by atoms with Crippen LogP contribution in [0.2, 0.25) is 0 Å². The molecule has 1 N–H and O–H groups in total. The van der Waals surface area contributed by atoms with Crippen molar-refractivity contribution in [3.05, 3.63) is 0 Å². The highest BCUT2D eigenvalue weighted by Gasteiger charge is 2.09. The van der Waals surface area contributed by atoms with Gasteiger partial charge in [0.1, 0.15) is 0 Å². The van der Waals surface area contributed by atoms with Gasteiger partial charge in [-0.3, -0.25) is 4.90 Å². The molecule has 1 fully saturated rings. The zero-order valence-corrected chi connectivity index (χ0v) is 10.9. The maximum absolute atomic E-state index is 5.48. The number of nitrogens with zero attached hydrogens (tertiary/aromatic N) is 2. The average Bonchev–Trinajstić information content (AvgIpc) is 2.33. The Hall–Kier alpha value is -0.160. The molecule has 1 aliphatic rings. The smallest absolute Gasteiger partial charge is 0.0593 e. The SMILES string of the molecule is CCCOCCN(C)CCN1CCNCC1. The molecule has 0 saturated carbocycles. The Bertz CT molecular complexity index is 160. The molecule has 0 aromatic rings. The molecule has 0 aliphatic carbocycles. The van der Waals surface area contributed by atoms with E-state index in [1.807, 2.05) is 0 Å². The Labute approximate surface area is 99.9 Å². The van der Waals surface area contributed by atoms with Gasteiger partial charge in [0, 0.05) is 52.4 Å². The van der Waals surface area contributed by atoms with Crippen molar-refractivity contribution >= 4 is 0 Å². The monoisotopic (exact) mass is 229 g/mol. The van der Waals surface area contributed by atoms with Gasteiger partial charge in [0.15, 0.2) is 0 Å². The second-order valence-electron chi connectivity index (χ2n) is 4.51. The molecule has 0 aromatic carbocycles. The molecule has 16 heavy (non-hydrogen) atoms. The molecule has 0 atom stereocenters. The van der Waals surface area contributed by atoms with E-state index in [1.54, 1.807) is 0 Å². The first-order valence-electron chi connectivity index (χ1n) is 6.52. The lowest BCUT2D eigenvalue weighted by atomic mass is 10.3. The molecule has 0 bridgehead atoms. The summed E-state index contributed by atoms with van der Waals surface area (Å²) < 4.78 is 5.48. The van der Waals surface area contributed by atoms with Gasteiger partial charge in [0.25, 0.3) is 0 Å². The van der Waals surface area contributed by atoms with Crippen molar-refractivity contribution in [2.24, 2.45) is 0 Å². The minimum absolute atomic E-state index is 0.867. The van der Waals surface area contributed by atoms with Crippen LogP contribution in [-0.4, -0.2) is 75.9 Å². The molecule has 96 valence electrons. The zero-order chi connectivity index (χ0) is 11.6. The van der Waals surface area contributed by atoms with Gasteiger partial charge in [0.2, 0.25) is 0 Å². The van der Waals surface area contributed by atoms with E-state index in [0.29, 0.717) is 0 Å². The molecular weight excluding hydrogens is 202 g/mol. The van der Waals surface area contributed by atoms with Crippen LogP contribution in [0.25, 0.3) is 0 Å². The Balaban J connectivity index is 1.94. The minimum Gasteiger partial charge on any atom is -0.380 e. The Kier molecular flexibility index (Phi) is 7.76. The van der Waals surface area contributed by atoms with E-state index in [9.17, 15) is 0 Å². The van der Waals surface area contributed by atoms with Gasteiger partial charge in [0.05, 0.1) is 6.61 Å². The van der Waals surface area contributed by atoms with Crippen molar-refractivity contribution in [3.63, 3.8) is 0 Å². The van der Waals surface area contributed by atoms with E-state index in [-0.39, 0.29) is 0 Å². The van der Waals surface area contributed by atoms with E-state index >= 15 is 0 Å². The molecule has 0 amide bonds. The molecule has 0 unspecified atom stereocenters. The van der Waals surface area contributed by atoms with Crippen LogP contribution in [0.1, 0.15) is 13.3 Å². The predicted molar refractivity (Wildman–Crippen MR) is 67.9 cm³/mol. The van der Waals surface area contributed by atoms with Crippen molar-refractivity contribution < 1.29 is 4.74 Å². The standard InChI is InChI=1S/C12H27N3O/c1-3-11-16-12-10-14(2)8-9-15-6-4-13-5-7-15/h13H,3-12H2,1-2H3. The van der Waals surface area contributed by atoms with E-state index in [2.05, 4.69) is 29.1 Å². The Morgan fingerprint density at radius 3 is 2.62 bits per heavy atom. The summed E-state index contributed by atoms with van der Waals surface area (Å²) in [6, 6.07) is 0. The quantitative estimate of drug-likeness (QED) is 0.604. The summed E-state index contributed by atoms with van der Waals surface area (Å²) in [4.78, 5) is 4.89. The van der Waals surface area contributed by atoms with Crippen LogP contribution < -0.4 is 5.32 Å². The van der Waals surface area contributed by atoms with Gasteiger partial charge in [-0.2, -0.15) is 0 Å². The topological polar surface area (TPSA) is 27.7 Å². The van der Waals surface area contributed by atoms with Gasteiger partial charge in [-0.25, -0.2) is 0 Å². The fourth-order valence-electron chi connectivity index (χ4n) is 1.83. The number of rotatable bonds is 8. The lowest BCUT2D eigenvalue weighted by Gasteiger charge is -2.29. The van der Waals surface area contributed by atoms with Crippen LogP contribution in [0.3, 0.4) is 0 Å². The molecule has 0 spiro atoms. The minimum atomic E-state index is 0.867. The van der Waals surface area contributed by atoms with Crippen molar-refractivity contribution in [2.45, 2.75) is 13.3 Å². The second kappa shape index (κ2) is 8.93. The number of likely N-dealkylation sites (N-methyl/N-ethyl adjacent to an activating group) is 1. The third-order valence-corrected chi connectivity index (χ3v) is 2.97. The summed E-state index contributed by atoms with van der Waals surface area (Å²) in [6.07, 6.45) is 1.12. The third-order valence-electron chi connectivity index (χ3n) is 2.97. The highest BCUT2D eigenvalue weighted by Crippen LogP contribution is 1.93. The van der Waals surface area contributed by atoms with Gasteiger partial charge >= 0.3 is 0 Å². The largest absolute Gasteiger partial charge is 0.380 e. The number of hydrogen-bond acceptors (Lipinski definition) is 4. The van der Waals surface area contributed by atoms with Gasteiger partial charge in [-0.05, 0) is 13.5 Å². The highest BCUT2D eigenvalue weighted by molar-refractivity contribution is 4.68. The Morgan fingerprint density at radius 1 is 1.19 bits per heavy atom. The first-order chi connectivity index (χ1) is 7.83. The number of nitrogens with one attached hydrogen (secondary N) is 1. The van der Waals surface area contributed by atoms with Crippen molar-refractivity contribution in [3.8, 4) is 0 Å². The van der Waals surface area contributed by atoms with Gasteiger partial charge in [-0.1, -0.05) is 6.92 Å². The molecular formula is C12H27N3O. The average molecular weight is 229 g/mol. The lowest BCUT2D eigenvalue weighted by molar-refractivity contribution is 0.107. The number of hydrogen-bond donors (Lipinski definition) is 1. The normalized spacial score (nSPS) is 18.2.